The molecule has 0 aliphatic rings. The molecule has 1 aromatic heterocycles. The van der Waals surface area contributed by atoms with E-state index in [1.54, 1.807) is 0 Å². The summed E-state index contributed by atoms with van der Waals surface area (Å²) in [5, 5.41) is 15.8. The fourth-order valence-corrected chi connectivity index (χ4v) is 3.04. The Morgan fingerprint density at radius 1 is 0.692 bits per heavy atom. The van der Waals surface area contributed by atoms with Gasteiger partial charge in [-0.3, -0.25) is 0 Å². The fourth-order valence-electron chi connectivity index (χ4n) is 3.04. The molecule has 1 heterocycles. The number of nitrogens with zero attached hydrogens (tertiary/aromatic N) is 2. The summed E-state index contributed by atoms with van der Waals surface area (Å²) in [6.45, 7) is 4.11. The normalized spacial score (nSPS) is 10.8. The first kappa shape index (κ1) is 16.2. The Morgan fingerprint density at radius 2 is 1.27 bits per heavy atom. The van der Waals surface area contributed by atoms with Gasteiger partial charge in [0.25, 0.3) is 0 Å². The third-order valence-corrected chi connectivity index (χ3v) is 4.51. The number of aryl methyl sites for hydroxylation is 2. The minimum absolute atomic E-state index is 0.195. The van der Waals surface area contributed by atoms with Crippen molar-refractivity contribution in [3.63, 3.8) is 0 Å². The van der Waals surface area contributed by atoms with Gasteiger partial charge in [-0.15, -0.1) is 0 Å². The van der Waals surface area contributed by atoms with Gasteiger partial charge < -0.3 is 5.11 Å². The van der Waals surface area contributed by atoms with Crippen molar-refractivity contribution in [3.05, 3.63) is 90.0 Å². The van der Waals surface area contributed by atoms with E-state index in [9.17, 15) is 5.11 Å². The summed E-state index contributed by atoms with van der Waals surface area (Å²) in [5.41, 5.74) is 6.40. The molecule has 128 valence electrons. The lowest BCUT2D eigenvalue weighted by molar-refractivity contribution is 0.479. The second-order valence-electron chi connectivity index (χ2n) is 6.53. The predicted molar refractivity (Wildman–Crippen MR) is 106 cm³/mol. The van der Waals surface area contributed by atoms with Crippen LogP contribution in [0.2, 0.25) is 0 Å². The number of hydrogen-bond acceptors (Lipinski definition) is 2. The Kier molecular flexibility index (Phi) is 4.05. The Balaban J connectivity index is 1.96. The Labute approximate surface area is 153 Å². The van der Waals surface area contributed by atoms with Gasteiger partial charge in [-0.2, -0.15) is 5.10 Å². The van der Waals surface area contributed by atoms with Crippen molar-refractivity contribution in [1.82, 2.24) is 9.78 Å². The zero-order valence-electron chi connectivity index (χ0n) is 14.8. The van der Waals surface area contributed by atoms with Crippen LogP contribution in [0.25, 0.3) is 28.2 Å². The number of rotatable bonds is 3. The molecule has 1 N–H and O–H groups in total. The predicted octanol–water partition coefficient (Wildman–Crippen LogP) is 5.53. The molecule has 4 aromatic rings. The summed E-state index contributed by atoms with van der Waals surface area (Å²) >= 11 is 0. The van der Waals surface area contributed by atoms with Gasteiger partial charge in [0.15, 0.2) is 5.75 Å². The third kappa shape index (κ3) is 2.88. The van der Waals surface area contributed by atoms with E-state index in [4.69, 9.17) is 5.10 Å². The molecule has 0 fully saturated rings. The lowest BCUT2D eigenvalue weighted by atomic mass is 10.1. The summed E-state index contributed by atoms with van der Waals surface area (Å²) in [7, 11) is 0. The molecule has 0 aliphatic heterocycles. The van der Waals surface area contributed by atoms with Gasteiger partial charge in [-0.1, -0.05) is 77.9 Å². The molecule has 26 heavy (non-hydrogen) atoms. The summed E-state index contributed by atoms with van der Waals surface area (Å²) in [4.78, 5) is 0. The highest BCUT2D eigenvalue weighted by molar-refractivity contribution is 5.79. The molecule has 0 amide bonds. The average molecular weight is 340 g/mol. The van der Waals surface area contributed by atoms with Crippen molar-refractivity contribution in [2.24, 2.45) is 0 Å². The van der Waals surface area contributed by atoms with Crippen LogP contribution < -0.4 is 0 Å². The highest BCUT2D eigenvalue weighted by atomic mass is 16.3. The van der Waals surface area contributed by atoms with Gasteiger partial charge in [-0.25, -0.2) is 4.68 Å². The monoisotopic (exact) mass is 340 g/mol. The molecule has 3 nitrogen and oxygen atoms in total. The largest absolute Gasteiger partial charge is 0.504 e. The molecule has 0 radical (unpaired) electrons. The van der Waals surface area contributed by atoms with E-state index in [1.807, 2.05) is 71.4 Å². The van der Waals surface area contributed by atoms with Gasteiger partial charge in [0.1, 0.15) is 11.4 Å². The quantitative estimate of drug-likeness (QED) is 0.532. The van der Waals surface area contributed by atoms with Crippen molar-refractivity contribution in [2.75, 3.05) is 0 Å². The SMILES string of the molecule is Cc1ccc(-c2c(O)c(-c3ccccc3)nn2-c2ccc(C)cc2)cc1. The van der Waals surface area contributed by atoms with E-state index < -0.39 is 0 Å². The van der Waals surface area contributed by atoms with Crippen LogP contribution in [0.15, 0.2) is 78.9 Å². The van der Waals surface area contributed by atoms with Crippen LogP contribution in [0.5, 0.6) is 5.75 Å². The molecule has 0 bridgehead atoms. The second kappa shape index (κ2) is 6.52. The van der Waals surface area contributed by atoms with Crippen molar-refractivity contribution in [3.8, 4) is 34.0 Å². The lowest BCUT2D eigenvalue weighted by Gasteiger charge is -2.08. The van der Waals surface area contributed by atoms with Crippen LogP contribution in [0.1, 0.15) is 11.1 Å². The van der Waals surface area contributed by atoms with E-state index in [0.717, 1.165) is 16.8 Å². The van der Waals surface area contributed by atoms with Crippen LogP contribution in [-0.2, 0) is 0 Å². The summed E-state index contributed by atoms with van der Waals surface area (Å²) in [6.07, 6.45) is 0. The summed E-state index contributed by atoms with van der Waals surface area (Å²) in [6, 6.07) is 26.0. The number of aromatic nitrogens is 2. The zero-order valence-corrected chi connectivity index (χ0v) is 14.8. The highest BCUT2D eigenvalue weighted by Gasteiger charge is 2.21. The zero-order chi connectivity index (χ0) is 18.1. The molecule has 0 aliphatic carbocycles. The molecular weight excluding hydrogens is 320 g/mol. The van der Waals surface area contributed by atoms with E-state index in [2.05, 4.69) is 26.0 Å². The first-order valence-corrected chi connectivity index (χ1v) is 8.65. The standard InChI is InChI=1S/C23H20N2O/c1-16-8-12-19(13-9-16)22-23(26)21(18-6-4-3-5-7-18)24-25(22)20-14-10-17(2)11-15-20/h3-15,26H,1-2H3. The molecule has 3 aromatic carbocycles. The molecule has 4 rings (SSSR count). The van der Waals surface area contributed by atoms with Gasteiger partial charge in [0, 0.05) is 11.1 Å². The Bertz CT molecular complexity index is 1030. The fraction of sp³-hybridized carbons (Fsp3) is 0.0870. The van der Waals surface area contributed by atoms with E-state index >= 15 is 0 Å². The van der Waals surface area contributed by atoms with Crippen LogP contribution in [-0.4, -0.2) is 14.9 Å². The molecule has 0 spiro atoms. The second-order valence-corrected chi connectivity index (χ2v) is 6.53. The van der Waals surface area contributed by atoms with Crippen LogP contribution in [0.4, 0.5) is 0 Å². The first-order valence-electron chi connectivity index (χ1n) is 8.65. The molecule has 0 unspecified atom stereocenters. The van der Waals surface area contributed by atoms with Gasteiger partial charge in [0.2, 0.25) is 0 Å². The smallest absolute Gasteiger partial charge is 0.170 e. The Hall–Kier alpha value is -3.33. The highest BCUT2D eigenvalue weighted by Crippen LogP contribution is 2.39. The minimum atomic E-state index is 0.195. The van der Waals surface area contributed by atoms with Crippen molar-refractivity contribution in [1.29, 1.82) is 0 Å². The first-order chi connectivity index (χ1) is 12.6. The minimum Gasteiger partial charge on any atom is -0.504 e. The third-order valence-electron chi connectivity index (χ3n) is 4.51. The topological polar surface area (TPSA) is 38.1 Å². The summed E-state index contributed by atoms with van der Waals surface area (Å²) < 4.78 is 1.82. The molecular formula is C23H20N2O. The molecule has 3 heteroatoms. The van der Waals surface area contributed by atoms with Crippen LogP contribution >= 0.6 is 0 Å². The number of aromatic hydroxyl groups is 1. The van der Waals surface area contributed by atoms with E-state index in [1.165, 1.54) is 11.1 Å². The lowest BCUT2D eigenvalue weighted by Crippen LogP contribution is -1.99. The van der Waals surface area contributed by atoms with Crippen molar-refractivity contribution in [2.45, 2.75) is 13.8 Å². The van der Waals surface area contributed by atoms with Crippen LogP contribution in [0, 0.1) is 13.8 Å². The Morgan fingerprint density at radius 3 is 1.88 bits per heavy atom. The molecule has 0 atom stereocenters. The number of benzene rings is 3. The van der Waals surface area contributed by atoms with E-state index in [-0.39, 0.29) is 5.75 Å². The maximum atomic E-state index is 11.0. The summed E-state index contributed by atoms with van der Waals surface area (Å²) in [5.74, 6) is 0.195. The molecule has 0 saturated carbocycles. The van der Waals surface area contributed by atoms with E-state index in [0.29, 0.717) is 11.4 Å². The van der Waals surface area contributed by atoms with Gasteiger partial charge >= 0.3 is 0 Å². The number of hydrogen-bond donors (Lipinski definition) is 1. The maximum absolute atomic E-state index is 11.0. The maximum Gasteiger partial charge on any atom is 0.170 e. The average Bonchev–Trinajstić information content (AvgIpc) is 3.01. The van der Waals surface area contributed by atoms with Crippen molar-refractivity contribution < 1.29 is 5.11 Å². The van der Waals surface area contributed by atoms with Crippen molar-refractivity contribution >= 4 is 0 Å². The molecule has 0 saturated heterocycles. The van der Waals surface area contributed by atoms with Crippen LogP contribution in [0.3, 0.4) is 0 Å². The van der Waals surface area contributed by atoms with Gasteiger partial charge in [0.05, 0.1) is 5.69 Å². The van der Waals surface area contributed by atoms with Gasteiger partial charge in [-0.05, 0) is 26.0 Å².